The van der Waals surface area contributed by atoms with Crippen molar-refractivity contribution in [1.82, 2.24) is 5.32 Å². The fourth-order valence-electron chi connectivity index (χ4n) is 2.11. The molecule has 6 unspecified atom stereocenters. The highest BCUT2D eigenvalue weighted by molar-refractivity contribution is 5.73. The van der Waals surface area contributed by atoms with Gasteiger partial charge >= 0.3 is 11.9 Å². The first kappa shape index (κ1) is 18.7. The predicted octanol–water partition coefficient (Wildman–Crippen LogP) is -2.95. The first-order chi connectivity index (χ1) is 10.3. The third kappa shape index (κ3) is 4.87. The number of carbonyl (C=O) groups is 2. The van der Waals surface area contributed by atoms with Crippen molar-refractivity contribution in [3.63, 3.8) is 0 Å². The van der Waals surface area contributed by atoms with Crippen LogP contribution in [-0.2, 0) is 14.3 Å². The van der Waals surface area contributed by atoms with Gasteiger partial charge in [0.15, 0.2) is 6.10 Å². The van der Waals surface area contributed by atoms with Gasteiger partial charge in [0, 0.05) is 0 Å². The lowest BCUT2D eigenvalue weighted by molar-refractivity contribution is -0.233. The summed E-state index contributed by atoms with van der Waals surface area (Å²) in [5.41, 5.74) is 5.34. The van der Waals surface area contributed by atoms with Gasteiger partial charge in [-0.2, -0.15) is 0 Å². The van der Waals surface area contributed by atoms with Gasteiger partial charge in [-0.1, -0.05) is 6.42 Å². The maximum Gasteiger partial charge on any atom is 0.335 e. The van der Waals surface area contributed by atoms with Gasteiger partial charge in [0.1, 0.15) is 30.6 Å². The minimum Gasteiger partial charge on any atom is -0.480 e. The third-order valence-electron chi connectivity index (χ3n) is 3.46. The van der Waals surface area contributed by atoms with Crippen LogP contribution in [0.1, 0.15) is 19.3 Å². The lowest BCUT2D eigenvalue weighted by Crippen LogP contribution is -2.63. The molecule has 0 spiro atoms. The van der Waals surface area contributed by atoms with E-state index in [-0.39, 0.29) is 6.42 Å². The molecule has 1 fully saturated rings. The lowest BCUT2D eigenvalue weighted by Gasteiger charge is -2.39. The molecule has 0 bridgehead atoms. The zero-order chi connectivity index (χ0) is 16.9. The highest BCUT2D eigenvalue weighted by Crippen LogP contribution is 2.20. The maximum absolute atomic E-state index is 10.9. The molecule has 1 aliphatic rings. The van der Waals surface area contributed by atoms with Crippen molar-refractivity contribution in [2.75, 3.05) is 6.54 Å². The number of nitrogens with one attached hydrogen (secondary N) is 1. The van der Waals surface area contributed by atoms with Crippen LogP contribution in [-0.4, -0.2) is 80.7 Å². The summed E-state index contributed by atoms with van der Waals surface area (Å²) in [5.74, 6) is -2.53. The molecular weight excluding hydrogens is 300 g/mol. The molecule has 1 heterocycles. The Bertz CT molecular complexity index is 393. The Morgan fingerprint density at radius 2 is 1.73 bits per heavy atom. The Balaban J connectivity index is 2.38. The standard InChI is InChI=1S/C12H22N2O8/c13-5(11(18)19)3-1-2-4-14-10-8(17)6(15)7(16)9(22-10)12(20)21/h5-10,14-17H,1-4,13H2,(H,18,19)(H,20,21). The number of aliphatic carboxylic acids is 2. The number of aliphatic hydroxyl groups is 3. The molecule has 8 N–H and O–H groups in total. The van der Waals surface area contributed by atoms with Crippen molar-refractivity contribution in [2.24, 2.45) is 5.73 Å². The number of rotatable bonds is 8. The average molecular weight is 322 g/mol. The van der Waals surface area contributed by atoms with Crippen LogP contribution in [0.2, 0.25) is 0 Å². The third-order valence-corrected chi connectivity index (χ3v) is 3.46. The molecular formula is C12H22N2O8. The van der Waals surface area contributed by atoms with E-state index in [1.54, 1.807) is 0 Å². The van der Waals surface area contributed by atoms with Crippen LogP contribution in [0.4, 0.5) is 0 Å². The quantitative estimate of drug-likeness (QED) is 0.228. The minimum absolute atomic E-state index is 0.282. The first-order valence-electron chi connectivity index (χ1n) is 6.90. The number of carboxylic acids is 2. The monoisotopic (exact) mass is 322 g/mol. The van der Waals surface area contributed by atoms with Crippen LogP contribution >= 0.6 is 0 Å². The van der Waals surface area contributed by atoms with E-state index in [9.17, 15) is 24.9 Å². The molecule has 0 aromatic heterocycles. The molecule has 1 saturated heterocycles. The van der Waals surface area contributed by atoms with Gasteiger partial charge < -0.3 is 36.0 Å². The summed E-state index contributed by atoms with van der Waals surface area (Å²) < 4.78 is 5.02. The van der Waals surface area contributed by atoms with Crippen molar-refractivity contribution >= 4 is 11.9 Å². The van der Waals surface area contributed by atoms with Crippen molar-refractivity contribution < 1.29 is 39.9 Å². The van der Waals surface area contributed by atoms with Crippen LogP contribution in [0.15, 0.2) is 0 Å². The summed E-state index contributed by atoms with van der Waals surface area (Å²) in [7, 11) is 0. The molecule has 10 nitrogen and oxygen atoms in total. The average Bonchev–Trinajstić information content (AvgIpc) is 2.45. The topological polar surface area (TPSA) is 183 Å². The second kappa shape index (κ2) is 8.36. The SMILES string of the molecule is NC(CCCCNC1OC(C(=O)O)C(O)C(O)C1O)C(=O)O. The van der Waals surface area contributed by atoms with Crippen LogP contribution in [0, 0.1) is 0 Å². The molecule has 0 saturated carbocycles. The maximum atomic E-state index is 10.9. The number of aliphatic hydroxyl groups excluding tert-OH is 3. The summed E-state index contributed by atoms with van der Waals surface area (Å²) in [6.07, 6.45) is -6.33. The van der Waals surface area contributed by atoms with Crippen LogP contribution in [0.25, 0.3) is 0 Å². The second-order valence-corrected chi connectivity index (χ2v) is 5.18. The fourth-order valence-corrected chi connectivity index (χ4v) is 2.11. The molecule has 0 amide bonds. The van der Waals surface area contributed by atoms with Crippen molar-refractivity contribution in [1.29, 1.82) is 0 Å². The first-order valence-corrected chi connectivity index (χ1v) is 6.90. The van der Waals surface area contributed by atoms with Gasteiger partial charge in [-0.05, 0) is 19.4 Å². The smallest absolute Gasteiger partial charge is 0.335 e. The molecule has 1 aliphatic heterocycles. The van der Waals surface area contributed by atoms with Gasteiger partial charge in [-0.25, -0.2) is 4.79 Å². The molecule has 0 aromatic rings. The van der Waals surface area contributed by atoms with Crippen molar-refractivity contribution in [2.45, 2.75) is 55.9 Å². The van der Waals surface area contributed by atoms with E-state index in [1.165, 1.54) is 0 Å². The number of ether oxygens (including phenoxy) is 1. The van der Waals surface area contributed by atoms with Gasteiger partial charge in [-0.15, -0.1) is 0 Å². The number of carboxylic acid groups (broad SMARTS) is 2. The van der Waals surface area contributed by atoms with Crippen molar-refractivity contribution in [3.8, 4) is 0 Å². The van der Waals surface area contributed by atoms with Crippen molar-refractivity contribution in [3.05, 3.63) is 0 Å². The Morgan fingerprint density at radius 1 is 1.09 bits per heavy atom. The summed E-state index contributed by atoms with van der Waals surface area (Å²) in [4.78, 5) is 21.4. The van der Waals surface area contributed by atoms with Crippen LogP contribution in [0.5, 0.6) is 0 Å². The van der Waals surface area contributed by atoms with Gasteiger partial charge in [0.2, 0.25) is 0 Å². The van der Waals surface area contributed by atoms with E-state index in [1.807, 2.05) is 0 Å². The molecule has 0 aromatic carbocycles. The Hall–Kier alpha value is -1.30. The van der Waals surface area contributed by atoms with E-state index in [0.717, 1.165) is 0 Å². The Kier molecular flexibility index (Phi) is 7.13. The zero-order valence-corrected chi connectivity index (χ0v) is 11.8. The Labute approximate surface area is 126 Å². The van der Waals surface area contributed by atoms with Gasteiger partial charge in [0.25, 0.3) is 0 Å². The van der Waals surface area contributed by atoms with Crippen LogP contribution < -0.4 is 11.1 Å². The Morgan fingerprint density at radius 3 is 2.27 bits per heavy atom. The van der Waals surface area contributed by atoms with E-state index >= 15 is 0 Å². The molecule has 22 heavy (non-hydrogen) atoms. The summed E-state index contributed by atoms with van der Waals surface area (Å²) >= 11 is 0. The molecule has 10 heteroatoms. The number of hydrogen-bond acceptors (Lipinski definition) is 8. The number of unbranched alkanes of at least 4 members (excludes halogenated alkanes) is 1. The van der Waals surface area contributed by atoms with E-state index in [4.69, 9.17) is 20.7 Å². The van der Waals surface area contributed by atoms with Crippen LogP contribution in [0.3, 0.4) is 0 Å². The van der Waals surface area contributed by atoms with E-state index in [0.29, 0.717) is 19.4 Å². The molecule has 128 valence electrons. The summed E-state index contributed by atoms with van der Waals surface area (Å²) in [5, 5.41) is 49.1. The number of nitrogens with two attached hydrogens (primary N) is 1. The normalized spacial score (nSPS) is 33.4. The highest BCUT2D eigenvalue weighted by atomic mass is 16.6. The summed E-state index contributed by atoms with van der Waals surface area (Å²) in [6, 6.07) is -0.940. The molecule has 1 rings (SSSR count). The lowest BCUT2D eigenvalue weighted by atomic mass is 9.98. The predicted molar refractivity (Wildman–Crippen MR) is 71.8 cm³/mol. The zero-order valence-electron chi connectivity index (χ0n) is 11.8. The highest BCUT2D eigenvalue weighted by Gasteiger charge is 2.46. The van der Waals surface area contributed by atoms with E-state index < -0.39 is 48.6 Å². The second-order valence-electron chi connectivity index (χ2n) is 5.18. The van der Waals surface area contributed by atoms with E-state index in [2.05, 4.69) is 5.32 Å². The molecule has 0 aliphatic carbocycles. The largest absolute Gasteiger partial charge is 0.480 e. The molecule has 0 radical (unpaired) electrons. The van der Waals surface area contributed by atoms with Gasteiger partial charge in [0.05, 0.1) is 0 Å². The molecule has 6 atom stereocenters. The summed E-state index contributed by atoms with van der Waals surface area (Å²) in [6.45, 7) is 0.295. The minimum atomic E-state index is -1.72. The van der Waals surface area contributed by atoms with Gasteiger partial charge in [-0.3, -0.25) is 10.1 Å². The fraction of sp³-hybridized carbons (Fsp3) is 0.833. The number of hydrogen-bond donors (Lipinski definition) is 7.